The van der Waals surface area contributed by atoms with Crippen LogP contribution < -0.4 is 4.74 Å². The lowest BCUT2D eigenvalue weighted by Crippen LogP contribution is -1.99. The number of hydrogen-bond acceptors (Lipinski definition) is 2. The SMILES string of the molecule is COc1ccc(C(C)C)cc1CCc1[nH]cnc1Br. The van der Waals surface area contributed by atoms with E-state index in [1.807, 2.05) is 0 Å². The van der Waals surface area contributed by atoms with Crippen LogP contribution in [0.25, 0.3) is 0 Å². The van der Waals surface area contributed by atoms with E-state index in [1.165, 1.54) is 11.1 Å². The Balaban J connectivity index is 2.18. The summed E-state index contributed by atoms with van der Waals surface area (Å²) >= 11 is 3.44. The summed E-state index contributed by atoms with van der Waals surface area (Å²) < 4.78 is 6.34. The Morgan fingerprint density at radius 3 is 2.68 bits per heavy atom. The third-order valence-corrected chi connectivity index (χ3v) is 3.96. The first-order valence-electron chi connectivity index (χ1n) is 6.46. The molecule has 19 heavy (non-hydrogen) atoms. The maximum atomic E-state index is 5.44. The van der Waals surface area contributed by atoms with Crippen LogP contribution in [0.3, 0.4) is 0 Å². The normalized spacial score (nSPS) is 11.0. The standard InChI is InChI=1S/C15H19BrN2O/c1-10(2)11-5-7-14(19-3)12(8-11)4-6-13-15(16)18-9-17-13/h5,7-10H,4,6H2,1-3H3,(H,17,18). The second-order valence-corrected chi connectivity index (χ2v) is 5.65. The molecule has 102 valence electrons. The fraction of sp³-hybridized carbons (Fsp3) is 0.400. The van der Waals surface area contributed by atoms with E-state index in [2.05, 4.69) is 57.9 Å². The summed E-state index contributed by atoms with van der Waals surface area (Å²) in [6, 6.07) is 6.44. The Kier molecular flexibility index (Phi) is 4.64. The van der Waals surface area contributed by atoms with Crippen molar-refractivity contribution in [2.45, 2.75) is 32.6 Å². The molecule has 0 atom stereocenters. The summed E-state index contributed by atoms with van der Waals surface area (Å²) in [6.07, 6.45) is 3.56. The molecular formula is C15H19BrN2O. The summed E-state index contributed by atoms with van der Waals surface area (Å²) in [5.74, 6) is 1.49. The predicted molar refractivity (Wildman–Crippen MR) is 80.8 cm³/mol. The molecule has 0 saturated carbocycles. The third kappa shape index (κ3) is 3.38. The van der Waals surface area contributed by atoms with Gasteiger partial charge in [0.25, 0.3) is 0 Å². The first kappa shape index (κ1) is 14.1. The number of benzene rings is 1. The summed E-state index contributed by atoms with van der Waals surface area (Å²) in [7, 11) is 1.72. The van der Waals surface area contributed by atoms with E-state index < -0.39 is 0 Å². The number of hydrogen-bond donors (Lipinski definition) is 1. The molecule has 0 saturated heterocycles. The van der Waals surface area contributed by atoms with Crippen LogP contribution >= 0.6 is 15.9 Å². The summed E-state index contributed by atoms with van der Waals surface area (Å²) in [5, 5.41) is 0. The van der Waals surface area contributed by atoms with Gasteiger partial charge in [0.2, 0.25) is 0 Å². The van der Waals surface area contributed by atoms with E-state index >= 15 is 0 Å². The lowest BCUT2D eigenvalue weighted by molar-refractivity contribution is 0.409. The molecule has 0 aliphatic carbocycles. The van der Waals surface area contributed by atoms with Crippen LogP contribution in [-0.2, 0) is 12.8 Å². The molecule has 1 N–H and O–H groups in total. The molecule has 0 unspecified atom stereocenters. The monoisotopic (exact) mass is 322 g/mol. The topological polar surface area (TPSA) is 37.9 Å². The fourth-order valence-corrected chi connectivity index (χ4v) is 2.51. The molecule has 0 fully saturated rings. The number of halogens is 1. The van der Waals surface area contributed by atoms with Crippen LogP contribution in [0.2, 0.25) is 0 Å². The third-order valence-electron chi connectivity index (χ3n) is 3.28. The average molecular weight is 323 g/mol. The first-order valence-corrected chi connectivity index (χ1v) is 7.25. The minimum atomic E-state index is 0.531. The molecule has 0 spiro atoms. The minimum Gasteiger partial charge on any atom is -0.496 e. The quantitative estimate of drug-likeness (QED) is 0.900. The van der Waals surface area contributed by atoms with Crippen molar-refractivity contribution in [1.82, 2.24) is 9.97 Å². The number of aromatic amines is 1. The van der Waals surface area contributed by atoms with Crippen LogP contribution in [0, 0.1) is 0 Å². The number of nitrogens with zero attached hydrogens (tertiary/aromatic N) is 1. The smallest absolute Gasteiger partial charge is 0.127 e. The number of ether oxygens (including phenoxy) is 1. The van der Waals surface area contributed by atoms with Gasteiger partial charge >= 0.3 is 0 Å². The van der Waals surface area contributed by atoms with Gasteiger partial charge in [0.15, 0.2) is 0 Å². The molecule has 1 aromatic heterocycles. The Morgan fingerprint density at radius 2 is 2.11 bits per heavy atom. The van der Waals surface area contributed by atoms with Gasteiger partial charge in [0.05, 0.1) is 13.4 Å². The van der Waals surface area contributed by atoms with Gasteiger partial charge in [-0.25, -0.2) is 4.98 Å². The van der Waals surface area contributed by atoms with Crippen LogP contribution in [0.4, 0.5) is 0 Å². The highest BCUT2D eigenvalue weighted by Crippen LogP contribution is 2.26. The number of rotatable bonds is 5. The van der Waals surface area contributed by atoms with Crippen molar-refractivity contribution in [3.8, 4) is 5.75 Å². The van der Waals surface area contributed by atoms with Gasteiger partial charge in [-0.05, 0) is 51.9 Å². The number of imidazole rings is 1. The lowest BCUT2D eigenvalue weighted by Gasteiger charge is -2.12. The van der Waals surface area contributed by atoms with Gasteiger partial charge in [-0.1, -0.05) is 26.0 Å². The van der Waals surface area contributed by atoms with E-state index in [-0.39, 0.29) is 0 Å². The zero-order valence-corrected chi connectivity index (χ0v) is 13.1. The number of H-pyrrole nitrogens is 1. The van der Waals surface area contributed by atoms with Crippen LogP contribution in [0.5, 0.6) is 5.75 Å². The van der Waals surface area contributed by atoms with E-state index in [0.717, 1.165) is 28.9 Å². The molecule has 2 rings (SSSR count). The molecule has 0 aliphatic heterocycles. The molecule has 3 nitrogen and oxygen atoms in total. The molecule has 1 heterocycles. The molecule has 2 aromatic rings. The van der Waals surface area contributed by atoms with Crippen molar-refractivity contribution in [1.29, 1.82) is 0 Å². The van der Waals surface area contributed by atoms with Gasteiger partial charge in [-0.15, -0.1) is 0 Å². The zero-order valence-electron chi connectivity index (χ0n) is 11.5. The van der Waals surface area contributed by atoms with Crippen molar-refractivity contribution < 1.29 is 4.74 Å². The largest absolute Gasteiger partial charge is 0.496 e. The lowest BCUT2D eigenvalue weighted by atomic mass is 9.98. The Hall–Kier alpha value is -1.29. The van der Waals surface area contributed by atoms with Gasteiger partial charge in [-0.2, -0.15) is 0 Å². The van der Waals surface area contributed by atoms with Crippen LogP contribution in [0.1, 0.15) is 36.6 Å². The van der Waals surface area contributed by atoms with E-state index in [0.29, 0.717) is 5.92 Å². The maximum absolute atomic E-state index is 5.44. The fourth-order valence-electron chi connectivity index (χ4n) is 2.09. The van der Waals surface area contributed by atoms with Crippen LogP contribution in [0.15, 0.2) is 29.1 Å². The zero-order chi connectivity index (χ0) is 13.8. The first-order chi connectivity index (χ1) is 9.11. The molecule has 0 aliphatic rings. The van der Waals surface area contributed by atoms with Crippen molar-refractivity contribution >= 4 is 15.9 Å². The Bertz CT molecular complexity index is 549. The van der Waals surface area contributed by atoms with Gasteiger partial charge in [-0.3, -0.25) is 0 Å². The van der Waals surface area contributed by atoms with Gasteiger partial charge in [0, 0.05) is 5.69 Å². The van der Waals surface area contributed by atoms with E-state index in [1.54, 1.807) is 13.4 Å². The maximum Gasteiger partial charge on any atom is 0.127 e. The number of nitrogens with one attached hydrogen (secondary N) is 1. The van der Waals surface area contributed by atoms with Crippen LogP contribution in [-0.4, -0.2) is 17.1 Å². The highest BCUT2D eigenvalue weighted by molar-refractivity contribution is 9.10. The van der Waals surface area contributed by atoms with Crippen molar-refractivity contribution in [3.63, 3.8) is 0 Å². The number of aryl methyl sites for hydroxylation is 2. The van der Waals surface area contributed by atoms with E-state index in [9.17, 15) is 0 Å². The van der Waals surface area contributed by atoms with Gasteiger partial charge in [0.1, 0.15) is 10.4 Å². The number of aromatic nitrogens is 2. The Morgan fingerprint density at radius 1 is 1.32 bits per heavy atom. The second kappa shape index (κ2) is 6.24. The molecule has 0 amide bonds. The molecule has 0 bridgehead atoms. The molecular weight excluding hydrogens is 304 g/mol. The summed E-state index contributed by atoms with van der Waals surface area (Å²) in [4.78, 5) is 7.30. The Labute approximate surface area is 122 Å². The number of methoxy groups -OCH3 is 1. The minimum absolute atomic E-state index is 0.531. The molecule has 0 radical (unpaired) electrons. The molecule has 4 heteroatoms. The van der Waals surface area contributed by atoms with Gasteiger partial charge < -0.3 is 9.72 Å². The highest BCUT2D eigenvalue weighted by atomic mass is 79.9. The second-order valence-electron chi connectivity index (χ2n) is 4.90. The highest BCUT2D eigenvalue weighted by Gasteiger charge is 2.09. The molecule has 1 aromatic carbocycles. The van der Waals surface area contributed by atoms with Crippen molar-refractivity contribution in [2.75, 3.05) is 7.11 Å². The average Bonchev–Trinajstić information content (AvgIpc) is 2.81. The summed E-state index contributed by atoms with van der Waals surface area (Å²) in [5.41, 5.74) is 3.71. The summed E-state index contributed by atoms with van der Waals surface area (Å²) in [6.45, 7) is 4.41. The van der Waals surface area contributed by atoms with Crippen molar-refractivity contribution in [3.05, 3.63) is 46.0 Å². The van der Waals surface area contributed by atoms with Crippen molar-refractivity contribution in [2.24, 2.45) is 0 Å². The predicted octanol–water partition coefficient (Wildman–Crippen LogP) is 4.09. The van der Waals surface area contributed by atoms with E-state index in [4.69, 9.17) is 4.74 Å².